The SMILES string of the molecule is CNC(=O)[C@@H]1CN(C(=O)C2CCC2)CCN(C2CCOCC2)C1. The smallest absolute Gasteiger partial charge is 0.225 e. The molecule has 0 radical (unpaired) electrons. The lowest BCUT2D eigenvalue weighted by molar-refractivity contribution is -0.139. The Balaban J connectivity index is 1.68. The lowest BCUT2D eigenvalue weighted by Crippen LogP contribution is -2.45. The lowest BCUT2D eigenvalue weighted by Gasteiger charge is -2.34. The molecule has 0 aromatic heterocycles. The number of hydrogen-bond donors (Lipinski definition) is 1. The van der Waals surface area contributed by atoms with Gasteiger partial charge in [-0.15, -0.1) is 0 Å². The van der Waals surface area contributed by atoms with Crippen LogP contribution < -0.4 is 5.32 Å². The fraction of sp³-hybridized carbons (Fsp3) is 0.882. The minimum atomic E-state index is -0.130. The van der Waals surface area contributed by atoms with Crippen LogP contribution in [-0.2, 0) is 14.3 Å². The highest BCUT2D eigenvalue weighted by atomic mass is 16.5. The van der Waals surface area contributed by atoms with Gasteiger partial charge in [-0.05, 0) is 25.7 Å². The monoisotopic (exact) mass is 323 g/mol. The van der Waals surface area contributed by atoms with Gasteiger partial charge in [-0.3, -0.25) is 14.5 Å². The van der Waals surface area contributed by atoms with Crippen LogP contribution in [0.2, 0.25) is 0 Å². The summed E-state index contributed by atoms with van der Waals surface area (Å²) in [4.78, 5) is 29.3. The summed E-state index contributed by atoms with van der Waals surface area (Å²) in [6.07, 6.45) is 5.25. The molecule has 0 aromatic rings. The number of amides is 2. The minimum absolute atomic E-state index is 0.0513. The van der Waals surface area contributed by atoms with Crippen LogP contribution in [0.1, 0.15) is 32.1 Å². The Labute approximate surface area is 138 Å². The van der Waals surface area contributed by atoms with Gasteiger partial charge in [-0.1, -0.05) is 6.42 Å². The Morgan fingerprint density at radius 3 is 2.35 bits per heavy atom. The first-order valence-electron chi connectivity index (χ1n) is 9.01. The highest BCUT2D eigenvalue weighted by Gasteiger charge is 2.36. The first-order chi connectivity index (χ1) is 11.2. The van der Waals surface area contributed by atoms with Crippen molar-refractivity contribution in [1.29, 1.82) is 0 Å². The van der Waals surface area contributed by atoms with Crippen LogP contribution in [0.15, 0.2) is 0 Å². The highest BCUT2D eigenvalue weighted by molar-refractivity contribution is 5.82. The maximum absolute atomic E-state index is 12.6. The van der Waals surface area contributed by atoms with E-state index >= 15 is 0 Å². The van der Waals surface area contributed by atoms with Crippen LogP contribution in [0.4, 0.5) is 0 Å². The summed E-state index contributed by atoms with van der Waals surface area (Å²) in [7, 11) is 1.68. The molecule has 0 spiro atoms. The van der Waals surface area contributed by atoms with Crippen molar-refractivity contribution in [3.8, 4) is 0 Å². The summed E-state index contributed by atoms with van der Waals surface area (Å²) >= 11 is 0. The lowest BCUT2D eigenvalue weighted by atomic mass is 9.84. The van der Waals surface area contributed by atoms with Crippen molar-refractivity contribution in [2.24, 2.45) is 11.8 Å². The number of nitrogens with one attached hydrogen (secondary N) is 1. The third-order valence-corrected chi connectivity index (χ3v) is 5.64. The molecule has 130 valence electrons. The van der Waals surface area contributed by atoms with Gasteiger partial charge < -0.3 is 15.0 Å². The standard InChI is InChI=1S/C17H29N3O3/c1-18-16(21)14-11-19(15-5-9-23-10-6-15)7-8-20(12-14)17(22)13-3-2-4-13/h13-15H,2-12H2,1H3,(H,18,21)/t14-/m0/s1. The first-order valence-corrected chi connectivity index (χ1v) is 9.01. The van der Waals surface area contributed by atoms with Gasteiger partial charge in [-0.2, -0.15) is 0 Å². The second-order valence-corrected chi connectivity index (χ2v) is 7.06. The number of ether oxygens (including phenoxy) is 1. The summed E-state index contributed by atoms with van der Waals surface area (Å²) in [6, 6.07) is 0.481. The normalized spacial score (nSPS) is 28.0. The van der Waals surface area contributed by atoms with Crippen LogP contribution in [0, 0.1) is 11.8 Å². The number of carbonyl (C=O) groups is 2. The zero-order valence-corrected chi connectivity index (χ0v) is 14.1. The molecule has 3 rings (SSSR count). The molecular weight excluding hydrogens is 294 g/mol. The van der Waals surface area contributed by atoms with Crippen molar-refractivity contribution in [2.75, 3.05) is 46.4 Å². The third-order valence-electron chi connectivity index (χ3n) is 5.64. The number of carbonyl (C=O) groups excluding carboxylic acids is 2. The van der Waals surface area contributed by atoms with E-state index in [9.17, 15) is 9.59 Å². The predicted octanol–water partition coefficient (Wildman–Crippen LogP) is 0.472. The van der Waals surface area contributed by atoms with Gasteiger partial charge in [0.2, 0.25) is 11.8 Å². The fourth-order valence-electron chi connectivity index (χ4n) is 3.90. The van der Waals surface area contributed by atoms with Crippen molar-refractivity contribution < 1.29 is 14.3 Å². The molecule has 3 fully saturated rings. The molecule has 1 aliphatic carbocycles. The molecule has 0 unspecified atom stereocenters. The molecule has 1 N–H and O–H groups in total. The van der Waals surface area contributed by atoms with Gasteiger partial charge in [0.15, 0.2) is 0 Å². The molecule has 0 bridgehead atoms. The van der Waals surface area contributed by atoms with E-state index in [1.807, 2.05) is 4.90 Å². The van der Waals surface area contributed by atoms with E-state index in [1.54, 1.807) is 7.05 Å². The van der Waals surface area contributed by atoms with E-state index in [1.165, 1.54) is 0 Å². The minimum Gasteiger partial charge on any atom is -0.381 e. The van der Waals surface area contributed by atoms with Crippen LogP contribution in [0.3, 0.4) is 0 Å². The number of nitrogens with zero attached hydrogens (tertiary/aromatic N) is 2. The van der Waals surface area contributed by atoms with Gasteiger partial charge in [0.05, 0.1) is 5.92 Å². The van der Waals surface area contributed by atoms with Gasteiger partial charge >= 0.3 is 0 Å². The van der Waals surface area contributed by atoms with Crippen molar-refractivity contribution in [3.05, 3.63) is 0 Å². The van der Waals surface area contributed by atoms with Crippen molar-refractivity contribution in [1.82, 2.24) is 15.1 Å². The summed E-state index contributed by atoms with van der Waals surface area (Å²) < 4.78 is 5.46. The summed E-state index contributed by atoms with van der Waals surface area (Å²) in [5.74, 6) is 0.388. The molecule has 3 aliphatic rings. The van der Waals surface area contributed by atoms with Gasteiger partial charge in [0.25, 0.3) is 0 Å². The van der Waals surface area contributed by atoms with Gasteiger partial charge in [0, 0.05) is 58.4 Å². The molecule has 6 heteroatoms. The highest BCUT2D eigenvalue weighted by Crippen LogP contribution is 2.29. The molecule has 2 saturated heterocycles. The van der Waals surface area contributed by atoms with Crippen molar-refractivity contribution in [2.45, 2.75) is 38.1 Å². The second-order valence-electron chi connectivity index (χ2n) is 7.06. The fourth-order valence-corrected chi connectivity index (χ4v) is 3.90. The van der Waals surface area contributed by atoms with E-state index in [-0.39, 0.29) is 23.7 Å². The van der Waals surface area contributed by atoms with Gasteiger partial charge in [-0.25, -0.2) is 0 Å². The Bertz CT molecular complexity index is 433. The third kappa shape index (κ3) is 3.86. The molecule has 2 heterocycles. The first kappa shape index (κ1) is 16.7. The van der Waals surface area contributed by atoms with Crippen LogP contribution in [0.25, 0.3) is 0 Å². The molecule has 0 aromatic carbocycles. The van der Waals surface area contributed by atoms with E-state index in [2.05, 4.69) is 10.2 Å². The maximum atomic E-state index is 12.6. The van der Waals surface area contributed by atoms with E-state index < -0.39 is 0 Å². The molecule has 2 aliphatic heterocycles. The van der Waals surface area contributed by atoms with E-state index in [4.69, 9.17) is 4.74 Å². The number of rotatable bonds is 3. The molecule has 1 saturated carbocycles. The summed E-state index contributed by atoms with van der Waals surface area (Å²) in [5, 5.41) is 2.77. The van der Waals surface area contributed by atoms with Crippen LogP contribution in [0.5, 0.6) is 0 Å². The number of hydrogen-bond acceptors (Lipinski definition) is 4. The zero-order valence-electron chi connectivity index (χ0n) is 14.1. The maximum Gasteiger partial charge on any atom is 0.225 e. The average Bonchev–Trinajstić information content (AvgIpc) is 2.76. The summed E-state index contributed by atoms with van der Waals surface area (Å²) in [5.41, 5.74) is 0. The molecule has 6 nitrogen and oxygen atoms in total. The van der Waals surface area contributed by atoms with Crippen LogP contribution >= 0.6 is 0 Å². The second kappa shape index (κ2) is 7.62. The van der Waals surface area contributed by atoms with Crippen LogP contribution in [-0.4, -0.2) is 74.1 Å². The van der Waals surface area contributed by atoms with Crippen molar-refractivity contribution in [3.63, 3.8) is 0 Å². The molecule has 2 amide bonds. The Kier molecular flexibility index (Phi) is 5.54. The van der Waals surface area contributed by atoms with Crippen molar-refractivity contribution >= 4 is 11.8 Å². The molecule has 1 atom stereocenters. The average molecular weight is 323 g/mol. The Morgan fingerprint density at radius 1 is 1.00 bits per heavy atom. The molecule has 23 heavy (non-hydrogen) atoms. The molecular formula is C17H29N3O3. The Hall–Kier alpha value is -1.14. The predicted molar refractivity (Wildman–Crippen MR) is 86.9 cm³/mol. The topological polar surface area (TPSA) is 61.9 Å². The van der Waals surface area contributed by atoms with Gasteiger partial charge in [0.1, 0.15) is 0 Å². The Morgan fingerprint density at radius 2 is 1.74 bits per heavy atom. The van der Waals surface area contributed by atoms with E-state index in [0.29, 0.717) is 12.6 Å². The van der Waals surface area contributed by atoms with E-state index in [0.717, 1.165) is 65.0 Å². The summed E-state index contributed by atoms with van der Waals surface area (Å²) in [6.45, 7) is 4.54. The largest absolute Gasteiger partial charge is 0.381 e. The zero-order chi connectivity index (χ0) is 16.2. The quantitative estimate of drug-likeness (QED) is 0.820.